The van der Waals surface area contributed by atoms with Crippen LogP contribution in [-0.4, -0.2) is 32.1 Å². The molecule has 1 N–H and O–H groups in total. The minimum absolute atomic E-state index is 0.0655. The van der Waals surface area contributed by atoms with Crippen LogP contribution in [0.3, 0.4) is 0 Å². The van der Waals surface area contributed by atoms with Crippen LogP contribution in [0, 0.1) is 12.7 Å². The molecule has 7 heteroatoms. The zero-order valence-corrected chi connectivity index (χ0v) is 13.9. The molecule has 0 aliphatic heterocycles. The van der Waals surface area contributed by atoms with Crippen molar-refractivity contribution in [2.24, 2.45) is 0 Å². The molecule has 2 aromatic rings. The fraction of sp³-hybridized carbons (Fsp3) is 0.167. The van der Waals surface area contributed by atoms with E-state index in [0.29, 0.717) is 5.56 Å². The normalized spacial score (nSPS) is 10.1. The van der Waals surface area contributed by atoms with Crippen molar-refractivity contribution >= 4 is 23.5 Å². The van der Waals surface area contributed by atoms with Gasteiger partial charge in [-0.2, -0.15) is 0 Å². The summed E-state index contributed by atoms with van der Waals surface area (Å²) in [5.74, 6) is -2.45. The summed E-state index contributed by atoms with van der Waals surface area (Å²) in [6, 6.07) is 8.05. The molecule has 0 aliphatic carbocycles. The van der Waals surface area contributed by atoms with Crippen LogP contribution in [0.2, 0.25) is 0 Å². The van der Waals surface area contributed by atoms with Gasteiger partial charge in [-0.25, -0.2) is 14.0 Å². The Balaban J connectivity index is 2.36. The molecule has 0 unspecified atom stereocenters. The van der Waals surface area contributed by atoms with Crippen molar-refractivity contribution in [1.29, 1.82) is 0 Å². The molecule has 25 heavy (non-hydrogen) atoms. The number of hydrogen-bond donors (Lipinski definition) is 1. The van der Waals surface area contributed by atoms with E-state index < -0.39 is 23.7 Å². The Morgan fingerprint density at radius 2 is 1.44 bits per heavy atom. The van der Waals surface area contributed by atoms with E-state index in [1.54, 1.807) is 6.92 Å². The lowest BCUT2D eigenvalue weighted by Gasteiger charge is -2.10. The molecular formula is C18H16FNO5. The maximum absolute atomic E-state index is 13.6. The van der Waals surface area contributed by atoms with E-state index in [1.807, 2.05) is 0 Å². The minimum atomic E-state index is -0.678. The number of esters is 2. The van der Waals surface area contributed by atoms with Crippen LogP contribution in [0.25, 0.3) is 0 Å². The van der Waals surface area contributed by atoms with Gasteiger partial charge in [-0.05, 0) is 42.8 Å². The molecule has 0 aromatic heterocycles. The van der Waals surface area contributed by atoms with Gasteiger partial charge in [0.15, 0.2) is 0 Å². The van der Waals surface area contributed by atoms with Crippen LogP contribution in [0.5, 0.6) is 0 Å². The van der Waals surface area contributed by atoms with Gasteiger partial charge in [0.25, 0.3) is 5.91 Å². The van der Waals surface area contributed by atoms with Crippen molar-refractivity contribution in [2.45, 2.75) is 6.92 Å². The van der Waals surface area contributed by atoms with Crippen LogP contribution in [0.1, 0.15) is 36.6 Å². The van der Waals surface area contributed by atoms with Crippen molar-refractivity contribution in [3.05, 3.63) is 64.5 Å². The van der Waals surface area contributed by atoms with E-state index in [4.69, 9.17) is 0 Å². The summed E-state index contributed by atoms with van der Waals surface area (Å²) in [5.41, 5.74) is 0.823. The molecule has 0 atom stereocenters. The standard InChI is InChI=1S/C18H16FNO5/c1-10-4-5-11(9-15(10)19)16(21)20-14-7-12(17(22)24-2)6-13(8-14)18(23)25-3/h4-9H,1-3H3,(H,20,21). The molecule has 2 aromatic carbocycles. The Kier molecular flexibility index (Phi) is 5.49. The zero-order valence-electron chi connectivity index (χ0n) is 13.9. The van der Waals surface area contributed by atoms with E-state index in [9.17, 15) is 18.8 Å². The summed E-state index contributed by atoms with van der Waals surface area (Å²) < 4.78 is 22.9. The predicted octanol–water partition coefficient (Wildman–Crippen LogP) is 2.96. The van der Waals surface area contributed by atoms with E-state index in [1.165, 1.54) is 44.6 Å². The Morgan fingerprint density at radius 1 is 0.880 bits per heavy atom. The van der Waals surface area contributed by atoms with Crippen molar-refractivity contribution in [1.82, 2.24) is 0 Å². The summed E-state index contributed by atoms with van der Waals surface area (Å²) in [5, 5.41) is 2.52. The van der Waals surface area contributed by atoms with Crippen molar-refractivity contribution in [2.75, 3.05) is 19.5 Å². The number of nitrogens with one attached hydrogen (secondary N) is 1. The molecule has 0 bridgehead atoms. The van der Waals surface area contributed by atoms with Gasteiger partial charge >= 0.3 is 11.9 Å². The second-order valence-electron chi connectivity index (χ2n) is 5.20. The van der Waals surface area contributed by atoms with Crippen LogP contribution < -0.4 is 5.32 Å². The quantitative estimate of drug-likeness (QED) is 0.862. The van der Waals surface area contributed by atoms with Gasteiger partial charge in [0.2, 0.25) is 0 Å². The highest BCUT2D eigenvalue weighted by Gasteiger charge is 2.16. The largest absolute Gasteiger partial charge is 0.465 e. The van der Waals surface area contributed by atoms with Gasteiger partial charge < -0.3 is 14.8 Å². The number of benzene rings is 2. The molecule has 0 saturated carbocycles. The highest BCUT2D eigenvalue weighted by molar-refractivity contribution is 6.06. The lowest BCUT2D eigenvalue weighted by molar-refractivity contribution is 0.0599. The van der Waals surface area contributed by atoms with Crippen molar-refractivity contribution in [3.63, 3.8) is 0 Å². The molecule has 0 aliphatic rings. The van der Waals surface area contributed by atoms with E-state index in [0.717, 1.165) is 6.07 Å². The maximum atomic E-state index is 13.6. The average Bonchev–Trinajstić information content (AvgIpc) is 2.62. The Morgan fingerprint density at radius 3 is 1.92 bits per heavy atom. The third-order valence-corrected chi connectivity index (χ3v) is 3.47. The summed E-state index contributed by atoms with van der Waals surface area (Å²) >= 11 is 0. The molecule has 1 amide bonds. The lowest BCUT2D eigenvalue weighted by atomic mass is 10.1. The number of hydrogen-bond acceptors (Lipinski definition) is 5. The highest BCUT2D eigenvalue weighted by Crippen LogP contribution is 2.18. The lowest BCUT2D eigenvalue weighted by Crippen LogP contribution is -2.14. The second kappa shape index (κ2) is 7.57. The Hall–Kier alpha value is -3.22. The number of methoxy groups -OCH3 is 2. The van der Waals surface area contributed by atoms with Gasteiger partial charge in [-0.3, -0.25) is 4.79 Å². The van der Waals surface area contributed by atoms with Crippen LogP contribution >= 0.6 is 0 Å². The van der Waals surface area contributed by atoms with Gasteiger partial charge in [0.1, 0.15) is 5.82 Å². The number of anilines is 1. The first kappa shape index (κ1) is 18.1. The second-order valence-corrected chi connectivity index (χ2v) is 5.20. The Bertz CT molecular complexity index is 813. The third kappa shape index (κ3) is 4.20. The number of carbonyl (C=O) groups excluding carboxylic acids is 3. The highest BCUT2D eigenvalue weighted by atomic mass is 19.1. The molecule has 0 fully saturated rings. The van der Waals surface area contributed by atoms with E-state index >= 15 is 0 Å². The molecular weight excluding hydrogens is 329 g/mol. The van der Waals surface area contributed by atoms with Gasteiger partial charge in [0.05, 0.1) is 25.3 Å². The molecule has 0 heterocycles. The molecule has 0 saturated heterocycles. The maximum Gasteiger partial charge on any atom is 0.337 e. The van der Waals surface area contributed by atoms with Crippen LogP contribution in [-0.2, 0) is 9.47 Å². The fourth-order valence-corrected chi connectivity index (χ4v) is 2.11. The zero-order chi connectivity index (χ0) is 18.6. The van der Waals surface area contributed by atoms with E-state index in [-0.39, 0.29) is 22.4 Å². The summed E-state index contributed by atoms with van der Waals surface area (Å²) in [6.07, 6.45) is 0. The van der Waals surface area contributed by atoms with Gasteiger partial charge in [0, 0.05) is 11.3 Å². The fourth-order valence-electron chi connectivity index (χ4n) is 2.11. The van der Waals surface area contributed by atoms with Crippen LogP contribution in [0.15, 0.2) is 36.4 Å². The monoisotopic (exact) mass is 345 g/mol. The first-order chi connectivity index (χ1) is 11.8. The number of rotatable bonds is 4. The number of ether oxygens (including phenoxy) is 2. The molecule has 2 rings (SSSR count). The number of aryl methyl sites for hydroxylation is 1. The van der Waals surface area contributed by atoms with E-state index in [2.05, 4.69) is 14.8 Å². The van der Waals surface area contributed by atoms with Gasteiger partial charge in [-0.15, -0.1) is 0 Å². The first-order valence-corrected chi connectivity index (χ1v) is 7.25. The third-order valence-electron chi connectivity index (χ3n) is 3.47. The SMILES string of the molecule is COC(=O)c1cc(NC(=O)c2ccc(C)c(F)c2)cc(C(=O)OC)c1. The van der Waals surface area contributed by atoms with Gasteiger partial charge in [-0.1, -0.05) is 6.07 Å². The smallest absolute Gasteiger partial charge is 0.337 e. The average molecular weight is 345 g/mol. The molecule has 0 radical (unpaired) electrons. The minimum Gasteiger partial charge on any atom is -0.465 e. The molecule has 6 nitrogen and oxygen atoms in total. The number of halogens is 1. The van der Waals surface area contributed by atoms with Crippen LogP contribution in [0.4, 0.5) is 10.1 Å². The first-order valence-electron chi connectivity index (χ1n) is 7.25. The summed E-state index contributed by atoms with van der Waals surface area (Å²) in [6.45, 7) is 1.58. The Labute approximate surface area is 143 Å². The van der Waals surface area contributed by atoms with Crippen molar-refractivity contribution in [3.8, 4) is 0 Å². The summed E-state index contributed by atoms with van der Waals surface area (Å²) in [4.78, 5) is 35.7. The topological polar surface area (TPSA) is 81.7 Å². The number of carbonyl (C=O) groups is 3. The predicted molar refractivity (Wildman–Crippen MR) is 88.2 cm³/mol. The molecule has 0 spiro atoms. The number of amides is 1. The summed E-state index contributed by atoms with van der Waals surface area (Å²) in [7, 11) is 2.39. The van der Waals surface area contributed by atoms with Crippen molar-refractivity contribution < 1.29 is 28.2 Å². The molecule has 130 valence electrons.